The number of ether oxygens (including phenoxy) is 3. The fourth-order valence-corrected chi connectivity index (χ4v) is 10.8. The molecule has 0 aromatic heterocycles. The molecule has 1 heterocycles. The summed E-state index contributed by atoms with van der Waals surface area (Å²) in [6.07, 6.45) is 83.4. The van der Waals surface area contributed by atoms with Gasteiger partial charge < -0.3 is 45.1 Å². The van der Waals surface area contributed by atoms with Gasteiger partial charge >= 0.3 is 5.97 Å². The first kappa shape index (κ1) is 84.8. The second kappa shape index (κ2) is 65.8. The van der Waals surface area contributed by atoms with E-state index >= 15 is 0 Å². The van der Waals surface area contributed by atoms with Crippen molar-refractivity contribution in [1.29, 1.82) is 0 Å². The summed E-state index contributed by atoms with van der Waals surface area (Å²) in [5.74, 6) is -1.21. The van der Waals surface area contributed by atoms with Crippen molar-refractivity contribution in [2.45, 2.75) is 346 Å². The van der Waals surface area contributed by atoms with E-state index in [2.05, 4.69) is 148 Å². The third-order valence-electron chi connectivity index (χ3n) is 16.5. The number of allylic oxidation sites excluding steroid dienone is 21. The Bertz CT molecular complexity index is 2000. The van der Waals surface area contributed by atoms with E-state index in [4.69, 9.17) is 14.2 Å². The molecule has 1 rings (SSSR count). The Morgan fingerprint density at radius 2 is 0.791 bits per heavy atom. The SMILES string of the molecule is CC/C=C\C/C=C\C/C=C\C/C=C\C/C=C\CCCCCCCCCCCCCC(=O)OC1C(OCC(NC(=O)C(O)CCCCCCCC/C=C\C/C=C\C/C=C\C/C=C\C/C=C\CC)C(O)/C=C/CCCCCCCCCCCCC)OC(CO)C(O)C1O. The summed E-state index contributed by atoms with van der Waals surface area (Å²) in [7, 11) is 0. The number of amides is 1. The zero-order valence-electron chi connectivity index (χ0n) is 57.9. The molecule has 0 saturated carbocycles. The van der Waals surface area contributed by atoms with Crippen LogP contribution in [0.3, 0.4) is 0 Å². The lowest BCUT2D eigenvalue weighted by molar-refractivity contribution is -0.305. The molecule has 8 atom stereocenters. The van der Waals surface area contributed by atoms with Crippen LogP contribution >= 0.6 is 0 Å². The molecule has 0 aliphatic carbocycles. The van der Waals surface area contributed by atoms with E-state index < -0.39 is 67.4 Å². The highest BCUT2D eigenvalue weighted by Gasteiger charge is 2.47. The minimum atomic E-state index is -1.63. The molecule has 0 radical (unpaired) electrons. The van der Waals surface area contributed by atoms with Gasteiger partial charge in [0.15, 0.2) is 12.4 Å². The quantitative estimate of drug-likeness (QED) is 0.0195. The van der Waals surface area contributed by atoms with Crippen molar-refractivity contribution < 1.29 is 49.3 Å². The maximum atomic E-state index is 13.5. The van der Waals surface area contributed by atoms with E-state index in [0.29, 0.717) is 12.8 Å². The van der Waals surface area contributed by atoms with Crippen LogP contribution in [0.2, 0.25) is 0 Å². The fourth-order valence-electron chi connectivity index (χ4n) is 10.8. The van der Waals surface area contributed by atoms with Gasteiger partial charge in [0.1, 0.15) is 24.4 Å². The maximum absolute atomic E-state index is 13.5. The Kier molecular flexibility index (Phi) is 61.4. The number of carbonyl (C=O) groups is 2. The molecule has 6 N–H and O–H groups in total. The number of aliphatic hydroxyl groups is 5. The summed E-state index contributed by atoms with van der Waals surface area (Å²) in [4.78, 5) is 26.7. The van der Waals surface area contributed by atoms with Gasteiger partial charge in [0, 0.05) is 6.42 Å². The van der Waals surface area contributed by atoms with Gasteiger partial charge in [-0.1, -0.05) is 309 Å². The number of hydrogen-bond acceptors (Lipinski definition) is 10. The summed E-state index contributed by atoms with van der Waals surface area (Å²) in [5.41, 5.74) is 0. The van der Waals surface area contributed by atoms with Crippen molar-refractivity contribution in [3.05, 3.63) is 134 Å². The highest BCUT2D eigenvalue weighted by Crippen LogP contribution is 2.26. The molecule has 0 spiro atoms. The van der Waals surface area contributed by atoms with Crippen LogP contribution in [0.4, 0.5) is 0 Å². The zero-order chi connectivity index (χ0) is 66.0. The second-order valence-electron chi connectivity index (χ2n) is 24.9. The van der Waals surface area contributed by atoms with Crippen LogP contribution in [-0.2, 0) is 23.8 Å². The summed E-state index contributed by atoms with van der Waals surface area (Å²) in [6, 6.07) is -1.04. The first-order valence-corrected chi connectivity index (χ1v) is 37.0. The third kappa shape index (κ3) is 52.8. The van der Waals surface area contributed by atoms with Crippen LogP contribution in [0.1, 0.15) is 297 Å². The molecule has 1 aliphatic heterocycles. The molecule has 1 aliphatic rings. The van der Waals surface area contributed by atoms with E-state index in [0.717, 1.165) is 154 Å². The topological polar surface area (TPSA) is 175 Å². The van der Waals surface area contributed by atoms with Crippen LogP contribution in [0.15, 0.2) is 134 Å². The van der Waals surface area contributed by atoms with Crippen molar-refractivity contribution in [2.75, 3.05) is 13.2 Å². The van der Waals surface area contributed by atoms with Gasteiger partial charge in [-0.2, -0.15) is 0 Å². The highest BCUT2D eigenvalue weighted by atomic mass is 16.7. The van der Waals surface area contributed by atoms with Crippen LogP contribution in [0.25, 0.3) is 0 Å². The van der Waals surface area contributed by atoms with Gasteiger partial charge in [-0.05, 0) is 116 Å². The van der Waals surface area contributed by atoms with Gasteiger partial charge in [0.2, 0.25) is 5.91 Å². The predicted octanol–water partition coefficient (Wildman–Crippen LogP) is 19.5. The number of unbranched alkanes of at least 4 members (excludes halogenated alkanes) is 28. The largest absolute Gasteiger partial charge is 0.454 e. The number of esters is 1. The van der Waals surface area contributed by atoms with E-state index in [9.17, 15) is 35.1 Å². The summed E-state index contributed by atoms with van der Waals surface area (Å²) < 4.78 is 17.7. The summed E-state index contributed by atoms with van der Waals surface area (Å²) >= 11 is 0. The average molecular weight is 1270 g/mol. The second-order valence-corrected chi connectivity index (χ2v) is 24.9. The predicted molar refractivity (Wildman–Crippen MR) is 384 cm³/mol. The van der Waals surface area contributed by atoms with Crippen LogP contribution < -0.4 is 5.32 Å². The standard InChI is InChI=1S/C80H135NO10/c1-4-7-10-13-16-19-22-25-27-29-31-33-35-36-37-38-39-41-43-45-47-50-53-56-59-62-65-68-75(85)91-78-77(87)76(86)74(69-82)90-80(78)89-70-71(72(83)66-63-60-57-54-51-48-24-21-18-15-12-9-6-3)81-79(88)73(84)67-64-61-58-55-52-49-46-44-42-40-34-32-30-28-26-23-20-17-14-11-8-5-2/h7-8,10-11,16-17,19-20,25-28,31-34,36-37,42,44,63,66,71-74,76-78,80,82-84,86-87H,4-6,9,12-15,18,21-24,29-30,35,38-41,43,45-62,64-65,67-70H2,1-3H3,(H,81,88)/b10-7-,11-8-,19-16-,20-17-,27-25-,28-26-,33-31-,34-32-,37-36-,44-42-,66-63+. The van der Waals surface area contributed by atoms with Crippen molar-refractivity contribution in [3.63, 3.8) is 0 Å². The lowest BCUT2D eigenvalue weighted by atomic mass is 9.99. The van der Waals surface area contributed by atoms with Crippen molar-refractivity contribution >= 4 is 11.9 Å². The van der Waals surface area contributed by atoms with Crippen LogP contribution in [0.5, 0.6) is 0 Å². The monoisotopic (exact) mass is 1270 g/mol. The molecule has 1 fully saturated rings. The van der Waals surface area contributed by atoms with Gasteiger partial charge in [-0.15, -0.1) is 0 Å². The van der Waals surface area contributed by atoms with Crippen molar-refractivity contribution in [1.82, 2.24) is 5.32 Å². The van der Waals surface area contributed by atoms with E-state index in [1.165, 1.54) is 96.3 Å². The molecule has 11 nitrogen and oxygen atoms in total. The van der Waals surface area contributed by atoms with Gasteiger partial charge in [-0.25, -0.2) is 0 Å². The molecular weight excluding hydrogens is 1130 g/mol. The molecule has 520 valence electrons. The average Bonchev–Trinajstić information content (AvgIpc) is 1.11. The molecule has 1 saturated heterocycles. The maximum Gasteiger partial charge on any atom is 0.306 e. The smallest absolute Gasteiger partial charge is 0.306 e. The molecule has 91 heavy (non-hydrogen) atoms. The first-order valence-electron chi connectivity index (χ1n) is 37.0. The lowest BCUT2D eigenvalue weighted by Crippen LogP contribution is -2.61. The Labute approximate surface area is 556 Å². The Hall–Kier alpha value is -4.20. The zero-order valence-corrected chi connectivity index (χ0v) is 57.9. The molecule has 0 bridgehead atoms. The Morgan fingerprint density at radius 3 is 1.19 bits per heavy atom. The number of carbonyl (C=O) groups excluding carboxylic acids is 2. The Balaban J connectivity index is 2.58. The number of hydrogen-bond donors (Lipinski definition) is 6. The molecular formula is C80H135NO10. The van der Waals surface area contributed by atoms with Gasteiger partial charge in [0.05, 0.1) is 25.4 Å². The fraction of sp³-hybridized carbons (Fsp3) is 0.700. The number of rotatable bonds is 62. The first-order chi connectivity index (χ1) is 44.7. The number of nitrogens with one attached hydrogen (secondary N) is 1. The molecule has 0 aromatic carbocycles. The molecule has 1 amide bonds. The molecule has 8 unspecified atom stereocenters. The third-order valence-corrected chi connectivity index (χ3v) is 16.5. The van der Waals surface area contributed by atoms with Gasteiger partial charge in [0.25, 0.3) is 0 Å². The Morgan fingerprint density at radius 1 is 0.440 bits per heavy atom. The normalized spacial score (nSPS) is 18.8. The van der Waals surface area contributed by atoms with Gasteiger partial charge in [-0.3, -0.25) is 9.59 Å². The minimum Gasteiger partial charge on any atom is -0.454 e. The van der Waals surface area contributed by atoms with Crippen LogP contribution in [-0.4, -0.2) is 99.6 Å². The van der Waals surface area contributed by atoms with E-state index in [1.54, 1.807) is 6.08 Å². The summed E-state index contributed by atoms with van der Waals surface area (Å²) in [5, 5.41) is 57.3. The van der Waals surface area contributed by atoms with E-state index in [-0.39, 0.29) is 19.4 Å². The molecule has 0 aromatic rings. The highest BCUT2D eigenvalue weighted by molar-refractivity contribution is 5.80. The van der Waals surface area contributed by atoms with Crippen LogP contribution in [0, 0.1) is 0 Å². The van der Waals surface area contributed by atoms with E-state index in [1.807, 2.05) is 6.08 Å². The lowest BCUT2D eigenvalue weighted by Gasteiger charge is -2.41. The van der Waals surface area contributed by atoms with Crippen molar-refractivity contribution in [2.24, 2.45) is 0 Å². The van der Waals surface area contributed by atoms with Crippen molar-refractivity contribution in [3.8, 4) is 0 Å². The minimum absolute atomic E-state index is 0.111. The summed E-state index contributed by atoms with van der Waals surface area (Å²) in [6.45, 7) is 5.58. The molecule has 11 heteroatoms. The number of aliphatic hydroxyl groups excluding tert-OH is 5.